The number of nitrogens with zero attached hydrogens (tertiary/aromatic N) is 2. The monoisotopic (exact) mass is 792 g/mol. The van der Waals surface area contributed by atoms with Gasteiger partial charge >= 0.3 is 0 Å². The zero-order valence-corrected chi connectivity index (χ0v) is 33.5. The maximum Gasteiger partial charge on any atom is 0.143 e. The topological polar surface area (TPSA) is 34.5 Å². The van der Waals surface area contributed by atoms with E-state index in [9.17, 15) is 0 Å². The summed E-state index contributed by atoms with van der Waals surface area (Å²) < 4.78 is 15.6. The SMILES string of the molecule is c1ccc(N(c2ccc3ccccc3c2)c2cc(-c3ccc(-n4c5ccccc5c5ccccc54)cc3)c3oc4ccccc4c3c2)c(-c2cccc3oc4ccccc4c23)c1. The van der Waals surface area contributed by atoms with Crippen molar-refractivity contribution >= 4 is 93.5 Å². The summed E-state index contributed by atoms with van der Waals surface area (Å²) >= 11 is 0. The average molecular weight is 793 g/mol. The minimum atomic E-state index is 0.860. The highest BCUT2D eigenvalue weighted by Gasteiger charge is 2.24. The third kappa shape index (κ3) is 5.27. The lowest BCUT2D eigenvalue weighted by molar-refractivity contribution is 0.669. The van der Waals surface area contributed by atoms with Crippen molar-refractivity contribution in [2.24, 2.45) is 0 Å². The molecule has 0 unspecified atom stereocenters. The third-order valence-corrected chi connectivity index (χ3v) is 12.6. The lowest BCUT2D eigenvalue weighted by atomic mass is 9.96. The summed E-state index contributed by atoms with van der Waals surface area (Å²) in [4.78, 5) is 2.42. The van der Waals surface area contributed by atoms with Crippen molar-refractivity contribution in [3.8, 4) is 27.9 Å². The first-order chi connectivity index (χ1) is 30.7. The number of hydrogen-bond acceptors (Lipinski definition) is 3. The van der Waals surface area contributed by atoms with Gasteiger partial charge in [-0.25, -0.2) is 0 Å². The van der Waals surface area contributed by atoms with Crippen LogP contribution in [0.5, 0.6) is 0 Å². The highest BCUT2D eigenvalue weighted by atomic mass is 16.3. The van der Waals surface area contributed by atoms with Crippen LogP contribution in [0, 0.1) is 0 Å². The molecular formula is C58H36N2O2. The number of rotatable bonds is 6. The van der Waals surface area contributed by atoms with Crippen molar-refractivity contribution in [1.29, 1.82) is 0 Å². The van der Waals surface area contributed by atoms with E-state index in [0.717, 1.165) is 88.9 Å². The van der Waals surface area contributed by atoms with E-state index in [1.54, 1.807) is 0 Å². The Kier molecular flexibility index (Phi) is 7.57. The van der Waals surface area contributed by atoms with Crippen LogP contribution >= 0.6 is 0 Å². The smallest absolute Gasteiger partial charge is 0.143 e. The van der Waals surface area contributed by atoms with Crippen molar-refractivity contribution in [1.82, 2.24) is 4.57 Å². The van der Waals surface area contributed by atoms with Crippen molar-refractivity contribution in [2.75, 3.05) is 4.90 Å². The van der Waals surface area contributed by atoms with Gasteiger partial charge in [0, 0.05) is 60.5 Å². The van der Waals surface area contributed by atoms with Gasteiger partial charge in [0.1, 0.15) is 22.3 Å². The molecule has 0 amide bonds. The molecule has 4 nitrogen and oxygen atoms in total. The molecule has 0 radical (unpaired) electrons. The summed E-state index contributed by atoms with van der Waals surface area (Å²) in [6, 6.07) is 78.1. The van der Waals surface area contributed by atoms with Gasteiger partial charge in [-0.3, -0.25) is 0 Å². The molecule has 290 valence electrons. The van der Waals surface area contributed by atoms with Gasteiger partial charge in [-0.15, -0.1) is 0 Å². The number of aromatic nitrogens is 1. The second-order valence-corrected chi connectivity index (χ2v) is 16.0. The second-order valence-electron chi connectivity index (χ2n) is 16.0. The molecule has 13 rings (SSSR count). The zero-order chi connectivity index (χ0) is 40.7. The van der Waals surface area contributed by atoms with Crippen LogP contribution in [0.2, 0.25) is 0 Å². The second kappa shape index (κ2) is 13.6. The van der Waals surface area contributed by atoms with Crippen LogP contribution in [0.15, 0.2) is 227 Å². The summed E-state index contributed by atoms with van der Waals surface area (Å²) in [6.45, 7) is 0. The minimum absolute atomic E-state index is 0.860. The fraction of sp³-hybridized carbons (Fsp3) is 0. The number of furan rings is 2. The molecule has 0 aliphatic heterocycles. The minimum Gasteiger partial charge on any atom is -0.456 e. The predicted octanol–water partition coefficient (Wildman–Crippen LogP) is 16.5. The quantitative estimate of drug-likeness (QED) is 0.168. The van der Waals surface area contributed by atoms with Crippen molar-refractivity contribution < 1.29 is 8.83 Å². The van der Waals surface area contributed by atoms with Crippen LogP contribution in [0.3, 0.4) is 0 Å². The number of benzene rings is 10. The van der Waals surface area contributed by atoms with Gasteiger partial charge in [0.05, 0.1) is 16.7 Å². The number of para-hydroxylation sites is 5. The summed E-state index contributed by atoms with van der Waals surface area (Å²) in [5.41, 5.74) is 14.4. The standard InChI is InChI=1S/C58H36N2O2/c1-2-15-39-34-41(33-28-37(39)14-1)59(51-22-8-5-18-45(51)47-21-13-27-56-57(47)48-20-7-12-26-55(48)61-56)42-35-49(58-50(36-42)46-19-6-11-25-54(46)62-58)38-29-31-40(32-30-38)60-52-23-9-3-16-43(52)44-17-4-10-24-53(44)60/h1-36H. The van der Waals surface area contributed by atoms with Gasteiger partial charge in [-0.05, 0) is 94.7 Å². The van der Waals surface area contributed by atoms with Crippen LogP contribution in [0.1, 0.15) is 0 Å². The molecule has 0 fully saturated rings. The fourth-order valence-corrected chi connectivity index (χ4v) is 9.78. The Hall–Kier alpha value is -8.34. The average Bonchev–Trinajstić information content (AvgIpc) is 4.02. The molecule has 0 saturated heterocycles. The largest absolute Gasteiger partial charge is 0.456 e. The molecule has 0 aliphatic carbocycles. The number of anilines is 3. The molecule has 3 aromatic heterocycles. The van der Waals surface area contributed by atoms with Gasteiger partial charge in [0.2, 0.25) is 0 Å². The first-order valence-electron chi connectivity index (χ1n) is 21.1. The van der Waals surface area contributed by atoms with E-state index >= 15 is 0 Å². The zero-order valence-electron chi connectivity index (χ0n) is 33.5. The number of hydrogen-bond donors (Lipinski definition) is 0. The Labute approximate surface area is 356 Å². The van der Waals surface area contributed by atoms with Gasteiger partial charge in [0.25, 0.3) is 0 Å². The van der Waals surface area contributed by atoms with Crippen molar-refractivity contribution in [3.63, 3.8) is 0 Å². The summed E-state index contributed by atoms with van der Waals surface area (Å²) in [7, 11) is 0. The first kappa shape index (κ1) is 34.5. The fourth-order valence-electron chi connectivity index (χ4n) is 9.78. The molecule has 0 bridgehead atoms. The van der Waals surface area contributed by atoms with Crippen molar-refractivity contribution in [2.45, 2.75) is 0 Å². The molecule has 0 spiro atoms. The maximum absolute atomic E-state index is 6.80. The Morgan fingerprint density at radius 2 is 0.968 bits per heavy atom. The van der Waals surface area contributed by atoms with Gasteiger partial charge < -0.3 is 18.3 Å². The van der Waals surface area contributed by atoms with E-state index in [1.807, 2.05) is 18.2 Å². The predicted molar refractivity (Wildman–Crippen MR) is 258 cm³/mol. The van der Waals surface area contributed by atoms with E-state index in [2.05, 4.69) is 210 Å². The Balaban J connectivity index is 1.06. The first-order valence-corrected chi connectivity index (χ1v) is 21.1. The molecular weight excluding hydrogens is 757 g/mol. The lowest BCUT2D eigenvalue weighted by Gasteiger charge is -2.29. The van der Waals surface area contributed by atoms with Crippen LogP contribution in [0.4, 0.5) is 17.1 Å². The molecule has 0 N–H and O–H groups in total. The molecule has 0 aliphatic rings. The molecule has 10 aromatic carbocycles. The van der Waals surface area contributed by atoms with E-state index in [0.29, 0.717) is 0 Å². The summed E-state index contributed by atoms with van der Waals surface area (Å²) in [6.07, 6.45) is 0. The van der Waals surface area contributed by atoms with Crippen LogP contribution in [-0.2, 0) is 0 Å². The van der Waals surface area contributed by atoms with Gasteiger partial charge in [-0.1, -0.05) is 146 Å². The highest BCUT2D eigenvalue weighted by molar-refractivity contribution is 6.15. The van der Waals surface area contributed by atoms with Gasteiger partial charge in [-0.2, -0.15) is 0 Å². The van der Waals surface area contributed by atoms with Crippen LogP contribution in [0.25, 0.3) is 104 Å². The number of fused-ring (bicyclic) bond motifs is 10. The van der Waals surface area contributed by atoms with E-state index in [1.165, 1.54) is 32.6 Å². The molecule has 13 aromatic rings. The highest BCUT2D eigenvalue weighted by Crippen LogP contribution is 2.48. The third-order valence-electron chi connectivity index (χ3n) is 12.6. The molecule has 3 heterocycles. The molecule has 0 atom stereocenters. The molecule has 0 saturated carbocycles. The van der Waals surface area contributed by atoms with E-state index in [4.69, 9.17) is 8.83 Å². The maximum atomic E-state index is 6.80. The van der Waals surface area contributed by atoms with Gasteiger partial charge in [0.15, 0.2) is 0 Å². The normalized spacial score (nSPS) is 11.9. The summed E-state index contributed by atoms with van der Waals surface area (Å²) in [5.74, 6) is 0. The Morgan fingerprint density at radius 3 is 1.76 bits per heavy atom. The van der Waals surface area contributed by atoms with Crippen molar-refractivity contribution in [3.05, 3.63) is 218 Å². The van der Waals surface area contributed by atoms with Crippen LogP contribution < -0.4 is 4.90 Å². The Bertz CT molecular complexity index is 3830. The molecule has 4 heteroatoms. The van der Waals surface area contributed by atoms with E-state index < -0.39 is 0 Å². The lowest BCUT2D eigenvalue weighted by Crippen LogP contribution is -2.11. The van der Waals surface area contributed by atoms with Crippen LogP contribution in [-0.4, -0.2) is 4.57 Å². The summed E-state index contributed by atoms with van der Waals surface area (Å²) in [5, 5.41) is 9.20. The Morgan fingerprint density at radius 1 is 0.355 bits per heavy atom. The molecule has 62 heavy (non-hydrogen) atoms. The van der Waals surface area contributed by atoms with E-state index in [-0.39, 0.29) is 0 Å².